The zero-order valence-electron chi connectivity index (χ0n) is 21.2. The lowest BCUT2D eigenvalue weighted by Crippen LogP contribution is -2.39. The lowest BCUT2D eigenvalue weighted by molar-refractivity contribution is -0.133. The quantitative estimate of drug-likeness (QED) is 0.435. The van der Waals surface area contributed by atoms with E-state index < -0.39 is 34.7 Å². The molecule has 1 aromatic heterocycles. The Balaban J connectivity index is 1.46. The maximum absolute atomic E-state index is 13.9. The highest BCUT2D eigenvalue weighted by Gasteiger charge is 2.57. The van der Waals surface area contributed by atoms with Crippen LogP contribution in [0, 0.1) is 11.7 Å². The minimum Gasteiger partial charge on any atom is -0.496 e. The van der Waals surface area contributed by atoms with Crippen molar-refractivity contribution in [3.8, 4) is 5.75 Å². The molecular weight excluding hydrogens is 541 g/mol. The molecule has 0 spiro atoms. The fourth-order valence-corrected chi connectivity index (χ4v) is 8.50. The first kappa shape index (κ1) is 25.8. The number of nitrogens with zero attached hydrogens (tertiary/aromatic N) is 3. The topological polar surface area (TPSA) is 88.9 Å². The second kappa shape index (κ2) is 10.3. The van der Waals surface area contributed by atoms with Crippen LogP contribution in [0.4, 0.5) is 10.1 Å². The molecule has 0 saturated carbocycles. The molecule has 3 amide bonds. The summed E-state index contributed by atoms with van der Waals surface area (Å²) in [6.07, 6.45) is 2.96. The van der Waals surface area contributed by atoms with Crippen molar-refractivity contribution >= 4 is 46.5 Å². The summed E-state index contributed by atoms with van der Waals surface area (Å²) >= 11 is 2.17. The van der Waals surface area contributed by atoms with Crippen LogP contribution in [0.15, 0.2) is 58.4 Å². The average molecular weight is 568 g/mol. The Morgan fingerprint density at radius 1 is 1.00 bits per heavy atom. The van der Waals surface area contributed by atoms with E-state index in [-0.39, 0.29) is 17.3 Å². The number of thiazole rings is 1. The number of para-hydroxylation sites is 1. The molecule has 2 aromatic carbocycles. The predicted molar refractivity (Wildman–Crippen MR) is 146 cm³/mol. The van der Waals surface area contributed by atoms with Gasteiger partial charge in [0, 0.05) is 29.4 Å². The number of halogens is 1. The number of thioether (sulfide) groups is 1. The highest BCUT2D eigenvalue weighted by molar-refractivity contribution is 8.00. The maximum atomic E-state index is 13.9. The van der Waals surface area contributed by atoms with Crippen LogP contribution in [0.1, 0.15) is 35.6 Å². The van der Waals surface area contributed by atoms with Crippen molar-refractivity contribution in [3.05, 3.63) is 74.5 Å². The summed E-state index contributed by atoms with van der Waals surface area (Å²) in [6, 6.07) is 12.5. The number of carbonyl (C=O) groups excluding carboxylic acids is 3. The molecule has 11 heteroatoms. The number of benzene rings is 2. The van der Waals surface area contributed by atoms with Crippen LogP contribution >= 0.6 is 23.1 Å². The van der Waals surface area contributed by atoms with Crippen molar-refractivity contribution in [3.63, 3.8) is 0 Å². The van der Waals surface area contributed by atoms with Crippen LogP contribution in [0.5, 0.6) is 5.75 Å². The van der Waals surface area contributed by atoms with Crippen molar-refractivity contribution in [2.45, 2.75) is 42.0 Å². The SMILES string of the molecule is COc1ccccc1[C@@H]1c2sc(=O)n(CC(=O)N3CCCCC3)c2S[C@H]2C(=O)N(c3ccc(F)cc3)C(=O)[C@@H]12. The van der Waals surface area contributed by atoms with Gasteiger partial charge in [0.05, 0.1) is 23.7 Å². The number of ether oxygens (including phenoxy) is 1. The summed E-state index contributed by atoms with van der Waals surface area (Å²) in [6.45, 7) is 1.22. The number of rotatable bonds is 5. The van der Waals surface area contributed by atoms with Gasteiger partial charge in [0.15, 0.2) is 0 Å². The normalized spacial score (nSPS) is 22.6. The molecule has 39 heavy (non-hydrogen) atoms. The first-order chi connectivity index (χ1) is 18.9. The van der Waals surface area contributed by atoms with Crippen molar-refractivity contribution in [2.75, 3.05) is 25.1 Å². The average Bonchev–Trinajstić information content (AvgIpc) is 3.40. The number of hydrogen-bond donors (Lipinski definition) is 0. The van der Waals surface area contributed by atoms with Gasteiger partial charge in [0.1, 0.15) is 23.4 Å². The molecule has 0 N–H and O–H groups in total. The summed E-state index contributed by atoms with van der Waals surface area (Å²) in [4.78, 5) is 57.4. The third-order valence-electron chi connectivity index (χ3n) is 7.61. The molecule has 202 valence electrons. The second-order valence-electron chi connectivity index (χ2n) is 9.84. The largest absolute Gasteiger partial charge is 0.496 e. The van der Waals surface area contributed by atoms with E-state index in [2.05, 4.69) is 0 Å². The van der Waals surface area contributed by atoms with E-state index in [1.54, 1.807) is 11.0 Å². The summed E-state index contributed by atoms with van der Waals surface area (Å²) in [7, 11) is 1.53. The molecule has 6 rings (SSSR count). The smallest absolute Gasteiger partial charge is 0.308 e. The molecule has 0 aliphatic carbocycles. The first-order valence-corrected chi connectivity index (χ1v) is 14.5. The van der Waals surface area contributed by atoms with Crippen molar-refractivity contribution in [1.29, 1.82) is 0 Å². The fraction of sp³-hybridized carbons (Fsp3) is 0.357. The summed E-state index contributed by atoms with van der Waals surface area (Å²) in [5, 5.41) is -0.287. The summed E-state index contributed by atoms with van der Waals surface area (Å²) in [5.41, 5.74) is 0.982. The Morgan fingerprint density at radius 3 is 2.44 bits per heavy atom. The lowest BCUT2D eigenvalue weighted by atomic mass is 9.82. The number of aromatic nitrogens is 1. The number of methoxy groups -OCH3 is 1. The van der Waals surface area contributed by atoms with E-state index in [9.17, 15) is 23.6 Å². The fourth-order valence-electron chi connectivity index (χ4n) is 5.74. The molecule has 2 fully saturated rings. The standard InChI is InChI=1S/C28H26FN3O5S2/c1-37-19-8-4-3-7-18(19)21-22-23(26(35)32(25(22)34)17-11-9-16(29)10-12-17)38-27-24(21)39-28(36)31(27)15-20(33)30-13-5-2-6-14-30/h3-4,7-12,21-23H,2,5-6,13-15H2,1H3/t21-,22-,23+/m0/s1. The Labute approximate surface area is 232 Å². The Bertz CT molecular complexity index is 1510. The zero-order chi connectivity index (χ0) is 27.3. The van der Waals surface area contributed by atoms with Crippen LogP contribution in [0.2, 0.25) is 0 Å². The molecule has 0 unspecified atom stereocenters. The van der Waals surface area contributed by atoms with Crippen molar-refractivity contribution in [1.82, 2.24) is 9.47 Å². The second-order valence-corrected chi connectivity index (χ2v) is 12.0. The molecule has 0 bridgehead atoms. The Morgan fingerprint density at radius 2 is 1.72 bits per heavy atom. The summed E-state index contributed by atoms with van der Waals surface area (Å²) < 4.78 is 20.7. The van der Waals surface area contributed by atoms with E-state index >= 15 is 0 Å². The van der Waals surface area contributed by atoms with Gasteiger partial charge in [-0.25, -0.2) is 9.29 Å². The van der Waals surface area contributed by atoms with Crippen LogP contribution in [0.25, 0.3) is 0 Å². The molecule has 8 nitrogen and oxygen atoms in total. The number of fused-ring (bicyclic) bond motifs is 2. The van der Waals surface area contributed by atoms with E-state index in [0.717, 1.165) is 47.3 Å². The number of anilines is 1. The molecular formula is C28H26FN3O5S2. The lowest BCUT2D eigenvalue weighted by Gasteiger charge is -2.32. The van der Waals surface area contributed by atoms with Crippen LogP contribution in [-0.2, 0) is 20.9 Å². The van der Waals surface area contributed by atoms with Gasteiger partial charge in [-0.1, -0.05) is 41.3 Å². The van der Waals surface area contributed by atoms with Crippen molar-refractivity contribution in [2.24, 2.45) is 5.92 Å². The van der Waals surface area contributed by atoms with Gasteiger partial charge in [-0.15, -0.1) is 0 Å². The minimum atomic E-state index is -0.824. The molecule has 3 aliphatic rings. The molecule has 0 radical (unpaired) electrons. The van der Waals surface area contributed by atoms with Gasteiger partial charge < -0.3 is 9.64 Å². The molecule has 4 heterocycles. The predicted octanol–water partition coefficient (Wildman–Crippen LogP) is 3.87. The van der Waals surface area contributed by atoms with E-state index in [0.29, 0.717) is 40.0 Å². The molecule has 2 saturated heterocycles. The van der Waals surface area contributed by atoms with Crippen LogP contribution in [0.3, 0.4) is 0 Å². The Kier molecular flexibility index (Phi) is 6.80. The molecule has 3 aromatic rings. The zero-order valence-corrected chi connectivity index (χ0v) is 22.8. The van der Waals surface area contributed by atoms with Gasteiger partial charge in [-0.05, 0) is 49.6 Å². The number of likely N-dealkylation sites (tertiary alicyclic amines) is 1. The highest BCUT2D eigenvalue weighted by atomic mass is 32.2. The molecule has 3 atom stereocenters. The van der Waals surface area contributed by atoms with Crippen LogP contribution < -0.4 is 14.5 Å². The van der Waals surface area contributed by atoms with Gasteiger partial charge in [0.2, 0.25) is 17.7 Å². The molecule has 3 aliphatic heterocycles. The van der Waals surface area contributed by atoms with Crippen molar-refractivity contribution < 1.29 is 23.5 Å². The van der Waals surface area contributed by atoms with Gasteiger partial charge in [-0.3, -0.25) is 23.7 Å². The number of amides is 3. The minimum absolute atomic E-state index is 0.114. The van der Waals surface area contributed by atoms with E-state index in [4.69, 9.17) is 4.74 Å². The third kappa shape index (κ3) is 4.37. The Hall–Kier alpha value is -3.44. The van der Waals surface area contributed by atoms with E-state index in [1.165, 1.54) is 35.9 Å². The number of piperidine rings is 1. The monoisotopic (exact) mass is 567 g/mol. The van der Waals surface area contributed by atoms with E-state index in [1.807, 2.05) is 18.2 Å². The number of imide groups is 1. The van der Waals surface area contributed by atoms with Gasteiger partial charge in [0.25, 0.3) is 0 Å². The summed E-state index contributed by atoms with van der Waals surface area (Å²) in [5.74, 6) is -2.34. The number of carbonyl (C=O) groups is 3. The number of hydrogen-bond acceptors (Lipinski definition) is 7. The maximum Gasteiger partial charge on any atom is 0.308 e. The highest BCUT2D eigenvalue weighted by Crippen LogP contribution is 2.55. The third-order valence-corrected chi connectivity index (χ3v) is 10.2. The van der Waals surface area contributed by atoms with Gasteiger partial charge in [-0.2, -0.15) is 0 Å². The first-order valence-electron chi connectivity index (χ1n) is 12.8. The van der Waals surface area contributed by atoms with Gasteiger partial charge >= 0.3 is 4.87 Å². The van der Waals surface area contributed by atoms with Crippen LogP contribution in [-0.4, -0.2) is 52.6 Å².